The number of carbonyl (C=O) groups excluding carboxylic acids is 1. The monoisotopic (exact) mass is 481 g/mol. The van der Waals surface area contributed by atoms with Crippen molar-refractivity contribution < 1.29 is 14.3 Å². The average Bonchev–Trinajstić information content (AvgIpc) is 3.30. The van der Waals surface area contributed by atoms with E-state index >= 15 is 0 Å². The maximum atomic E-state index is 12.8. The molecule has 0 aliphatic carbocycles. The molecule has 35 heavy (non-hydrogen) atoms. The number of amides is 1. The Morgan fingerprint density at radius 1 is 1.03 bits per heavy atom. The van der Waals surface area contributed by atoms with Crippen LogP contribution in [0.15, 0.2) is 88.8 Å². The quantitative estimate of drug-likeness (QED) is 0.445. The van der Waals surface area contributed by atoms with Crippen LogP contribution < -0.4 is 9.47 Å². The fraction of sp³-hybridized carbons (Fsp3) is 0.107. The molecule has 3 aromatic carbocycles. The number of ether oxygens (including phenoxy) is 2. The van der Waals surface area contributed by atoms with Crippen LogP contribution in [-0.4, -0.2) is 28.9 Å². The third-order valence-electron chi connectivity index (χ3n) is 5.66. The molecule has 0 aromatic heterocycles. The summed E-state index contributed by atoms with van der Waals surface area (Å²) in [6, 6.07) is 23.4. The molecule has 174 valence electrons. The van der Waals surface area contributed by atoms with Gasteiger partial charge in [0.15, 0.2) is 16.7 Å². The average molecular weight is 482 g/mol. The number of nitrogens with zero attached hydrogens (tertiary/aromatic N) is 2. The van der Waals surface area contributed by atoms with Gasteiger partial charge in [0.25, 0.3) is 5.91 Å². The third kappa shape index (κ3) is 4.63. The predicted octanol–water partition coefficient (Wildman–Crippen LogP) is 5.89. The van der Waals surface area contributed by atoms with Gasteiger partial charge in [-0.05, 0) is 41.8 Å². The molecule has 0 bridgehead atoms. The second-order valence-corrected chi connectivity index (χ2v) is 8.95. The van der Waals surface area contributed by atoms with Gasteiger partial charge in [0, 0.05) is 5.41 Å². The van der Waals surface area contributed by atoms with Crippen LogP contribution in [0, 0.1) is 12.3 Å². The fourth-order valence-electron chi connectivity index (χ4n) is 3.94. The molecule has 0 unspecified atom stereocenters. The largest absolute Gasteiger partial charge is 0.493 e. The first-order chi connectivity index (χ1) is 17.0. The Morgan fingerprint density at radius 3 is 2.63 bits per heavy atom. The highest BCUT2D eigenvalue weighted by atomic mass is 32.2. The highest BCUT2D eigenvalue weighted by Crippen LogP contribution is 2.37. The summed E-state index contributed by atoms with van der Waals surface area (Å²) in [5.41, 5.74) is 4.96. The zero-order chi connectivity index (χ0) is 24.4. The van der Waals surface area contributed by atoms with E-state index in [1.807, 2.05) is 73.0 Å². The number of amidine groups is 2. The first-order valence-electron chi connectivity index (χ1n) is 11.1. The van der Waals surface area contributed by atoms with Gasteiger partial charge in [-0.15, -0.1) is 0 Å². The van der Waals surface area contributed by atoms with Crippen LogP contribution in [-0.2, 0) is 11.4 Å². The Kier molecular flexibility index (Phi) is 6.25. The second kappa shape index (κ2) is 9.64. The molecule has 0 atom stereocenters. The van der Waals surface area contributed by atoms with Gasteiger partial charge in [0.1, 0.15) is 12.4 Å². The molecule has 0 saturated heterocycles. The number of benzene rings is 3. The maximum Gasteiger partial charge on any atom is 0.283 e. The van der Waals surface area contributed by atoms with Crippen LogP contribution in [0.1, 0.15) is 22.3 Å². The SMILES string of the molecule is COc1cc(C=C2C(=N)N3C(c4ccccc4)=CSC3=NC2=O)ccc1OCc1cccc(C)c1. The molecular weight excluding hydrogens is 458 g/mol. The minimum absolute atomic E-state index is 0.0962. The lowest BCUT2D eigenvalue weighted by atomic mass is 10.1. The number of aryl methyl sites for hydroxylation is 1. The van der Waals surface area contributed by atoms with E-state index in [-0.39, 0.29) is 11.4 Å². The minimum atomic E-state index is -0.435. The van der Waals surface area contributed by atoms with Crippen LogP contribution in [0.5, 0.6) is 11.5 Å². The molecule has 1 N–H and O–H groups in total. The topological polar surface area (TPSA) is 75.0 Å². The van der Waals surface area contributed by atoms with Gasteiger partial charge in [-0.2, -0.15) is 4.99 Å². The summed E-state index contributed by atoms with van der Waals surface area (Å²) in [5.74, 6) is 0.813. The van der Waals surface area contributed by atoms with Crippen molar-refractivity contribution in [2.75, 3.05) is 7.11 Å². The molecular formula is C28H23N3O3S. The van der Waals surface area contributed by atoms with Crippen molar-refractivity contribution in [1.29, 1.82) is 5.41 Å². The van der Waals surface area contributed by atoms with Gasteiger partial charge in [-0.1, -0.05) is 78.0 Å². The van der Waals surface area contributed by atoms with Crippen molar-refractivity contribution >= 4 is 40.4 Å². The zero-order valence-electron chi connectivity index (χ0n) is 19.3. The molecule has 0 saturated carbocycles. The lowest BCUT2D eigenvalue weighted by Gasteiger charge is -2.27. The van der Waals surface area contributed by atoms with E-state index in [1.54, 1.807) is 24.2 Å². The Morgan fingerprint density at radius 2 is 1.86 bits per heavy atom. The van der Waals surface area contributed by atoms with Crippen LogP contribution in [0.2, 0.25) is 0 Å². The number of aliphatic imine (C=N–C) groups is 1. The molecule has 6 nitrogen and oxygen atoms in total. The molecule has 0 spiro atoms. The summed E-state index contributed by atoms with van der Waals surface area (Å²) in [6.07, 6.45) is 1.67. The number of carbonyl (C=O) groups is 1. The first kappa shape index (κ1) is 22.7. The molecule has 5 rings (SSSR count). The van der Waals surface area contributed by atoms with Crippen LogP contribution in [0.3, 0.4) is 0 Å². The van der Waals surface area contributed by atoms with E-state index in [9.17, 15) is 4.79 Å². The summed E-state index contributed by atoms with van der Waals surface area (Å²) < 4.78 is 11.5. The molecule has 2 aliphatic heterocycles. The van der Waals surface area contributed by atoms with E-state index in [2.05, 4.69) is 11.1 Å². The van der Waals surface area contributed by atoms with Crippen molar-refractivity contribution in [3.63, 3.8) is 0 Å². The van der Waals surface area contributed by atoms with Crippen LogP contribution in [0.4, 0.5) is 0 Å². The van der Waals surface area contributed by atoms with Crippen molar-refractivity contribution in [3.05, 3.63) is 106 Å². The smallest absolute Gasteiger partial charge is 0.283 e. The van der Waals surface area contributed by atoms with Crippen molar-refractivity contribution in [2.45, 2.75) is 13.5 Å². The molecule has 3 aromatic rings. The van der Waals surface area contributed by atoms with E-state index in [0.717, 1.165) is 16.8 Å². The Hall–Kier alpha value is -4.10. The van der Waals surface area contributed by atoms with Gasteiger partial charge >= 0.3 is 0 Å². The normalized spacial score (nSPS) is 16.2. The summed E-state index contributed by atoms with van der Waals surface area (Å²) in [6.45, 7) is 2.46. The van der Waals surface area contributed by atoms with Crippen molar-refractivity contribution in [2.24, 2.45) is 4.99 Å². The van der Waals surface area contributed by atoms with Gasteiger partial charge in [0.2, 0.25) is 0 Å². The highest BCUT2D eigenvalue weighted by molar-refractivity contribution is 8.17. The summed E-state index contributed by atoms with van der Waals surface area (Å²) >= 11 is 1.35. The molecule has 2 aliphatic rings. The number of hydrogen-bond donors (Lipinski definition) is 1. The second-order valence-electron chi connectivity index (χ2n) is 8.12. The number of rotatable bonds is 6. The van der Waals surface area contributed by atoms with E-state index in [4.69, 9.17) is 14.9 Å². The van der Waals surface area contributed by atoms with E-state index in [1.165, 1.54) is 17.3 Å². The van der Waals surface area contributed by atoms with Crippen LogP contribution in [0.25, 0.3) is 11.8 Å². The van der Waals surface area contributed by atoms with Crippen LogP contribution >= 0.6 is 11.8 Å². The number of fused-ring (bicyclic) bond motifs is 1. The third-order valence-corrected chi connectivity index (χ3v) is 6.49. The Labute approximate surface area is 208 Å². The number of hydrogen-bond acceptors (Lipinski definition) is 5. The van der Waals surface area contributed by atoms with E-state index in [0.29, 0.717) is 28.8 Å². The predicted molar refractivity (Wildman–Crippen MR) is 140 cm³/mol. The van der Waals surface area contributed by atoms with Crippen molar-refractivity contribution in [3.8, 4) is 11.5 Å². The highest BCUT2D eigenvalue weighted by Gasteiger charge is 2.36. The molecule has 1 amide bonds. The first-order valence-corrected chi connectivity index (χ1v) is 11.9. The summed E-state index contributed by atoms with van der Waals surface area (Å²) in [7, 11) is 1.58. The van der Waals surface area contributed by atoms with Gasteiger partial charge < -0.3 is 9.47 Å². The number of nitrogens with one attached hydrogen (secondary N) is 1. The molecule has 2 heterocycles. The van der Waals surface area contributed by atoms with E-state index < -0.39 is 5.91 Å². The standard InChI is InChI=1S/C28H23N3O3S/c1-18-7-6-8-20(13-18)16-34-24-12-11-19(15-25(24)33-2)14-22-26(29)31-23(21-9-4-3-5-10-21)17-35-28(31)30-27(22)32/h3-15,17,29H,16H2,1-2H3. The van der Waals surface area contributed by atoms with Gasteiger partial charge in [0.05, 0.1) is 18.4 Å². The van der Waals surface area contributed by atoms with Gasteiger partial charge in [-0.25, -0.2) is 0 Å². The number of methoxy groups -OCH3 is 1. The summed E-state index contributed by atoms with van der Waals surface area (Å²) in [4.78, 5) is 18.7. The maximum absolute atomic E-state index is 12.8. The zero-order valence-corrected chi connectivity index (χ0v) is 20.1. The lowest BCUT2D eigenvalue weighted by molar-refractivity contribution is -0.114. The molecule has 7 heteroatoms. The number of thioether (sulfide) groups is 1. The van der Waals surface area contributed by atoms with Crippen molar-refractivity contribution in [1.82, 2.24) is 4.90 Å². The van der Waals surface area contributed by atoms with Gasteiger partial charge in [-0.3, -0.25) is 15.1 Å². The molecule has 0 fully saturated rings. The summed E-state index contributed by atoms with van der Waals surface area (Å²) in [5, 5.41) is 11.2. The Bertz CT molecular complexity index is 1410. The fourth-order valence-corrected chi connectivity index (χ4v) is 4.83. The minimum Gasteiger partial charge on any atom is -0.493 e. The molecule has 0 radical (unpaired) electrons. The lowest BCUT2D eigenvalue weighted by Crippen LogP contribution is -2.38. The Balaban J connectivity index is 1.40.